The summed E-state index contributed by atoms with van der Waals surface area (Å²) < 4.78 is 0. The van der Waals surface area contributed by atoms with E-state index in [2.05, 4.69) is 18.4 Å². The molecule has 1 saturated heterocycles. The normalized spacial score (nSPS) is 21.4. The van der Waals surface area contributed by atoms with E-state index < -0.39 is 5.97 Å². The van der Waals surface area contributed by atoms with E-state index in [1.807, 2.05) is 6.08 Å². The van der Waals surface area contributed by atoms with Crippen molar-refractivity contribution in [2.75, 3.05) is 13.1 Å². The molecule has 1 unspecified atom stereocenters. The lowest BCUT2D eigenvalue weighted by molar-refractivity contribution is -0.139. The molecular formula is C9H15NO2. The quantitative estimate of drug-likeness (QED) is 0.637. The molecule has 0 bridgehead atoms. The standard InChI is InChI=1S/C9H15NO2/c1-3-7(2)10-5-8(6-10)4-9(11)12/h3,7-8H,1,4-6H2,2H3,(H,11,12). The summed E-state index contributed by atoms with van der Waals surface area (Å²) >= 11 is 0. The highest BCUT2D eigenvalue weighted by Crippen LogP contribution is 2.21. The molecule has 3 nitrogen and oxygen atoms in total. The Balaban J connectivity index is 2.19. The van der Waals surface area contributed by atoms with Crippen LogP contribution in [-0.2, 0) is 4.79 Å². The van der Waals surface area contributed by atoms with Crippen molar-refractivity contribution in [1.29, 1.82) is 0 Å². The third-order valence-corrected chi connectivity index (χ3v) is 2.37. The summed E-state index contributed by atoms with van der Waals surface area (Å²) in [5.74, 6) is -0.337. The van der Waals surface area contributed by atoms with Gasteiger partial charge in [0.05, 0.1) is 6.42 Å². The number of hydrogen-bond acceptors (Lipinski definition) is 2. The Kier molecular flexibility index (Phi) is 2.87. The zero-order valence-electron chi connectivity index (χ0n) is 7.36. The van der Waals surface area contributed by atoms with Crippen molar-refractivity contribution in [3.8, 4) is 0 Å². The third-order valence-electron chi connectivity index (χ3n) is 2.37. The number of carbonyl (C=O) groups is 1. The highest BCUT2D eigenvalue weighted by atomic mass is 16.4. The van der Waals surface area contributed by atoms with Gasteiger partial charge in [0.1, 0.15) is 0 Å². The van der Waals surface area contributed by atoms with Crippen molar-refractivity contribution >= 4 is 5.97 Å². The summed E-state index contributed by atoms with van der Waals surface area (Å²) in [7, 11) is 0. The number of hydrogen-bond donors (Lipinski definition) is 1. The molecule has 1 rings (SSSR count). The molecule has 0 radical (unpaired) electrons. The fourth-order valence-electron chi connectivity index (χ4n) is 1.47. The zero-order chi connectivity index (χ0) is 9.14. The van der Waals surface area contributed by atoms with Gasteiger partial charge in [-0.25, -0.2) is 0 Å². The second-order valence-electron chi connectivity index (χ2n) is 3.39. The van der Waals surface area contributed by atoms with Crippen molar-refractivity contribution in [2.45, 2.75) is 19.4 Å². The van der Waals surface area contributed by atoms with Crippen LogP contribution in [0.5, 0.6) is 0 Å². The lowest BCUT2D eigenvalue weighted by Gasteiger charge is -2.41. The molecule has 0 amide bonds. The van der Waals surface area contributed by atoms with E-state index in [-0.39, 0.29) is 0 Å². The fourth-order valence-corrected chi connectivity index (χ4v) is 1.47. The summed E-state index contributed by atoms with van der Waals surface area (Å²) in [6.07, 6.45) is 2.19. The van der Waals surface area contributed by atoms with E-state index in [0.717, 1.165) is 13.1 Å². The summed E-state index contributed by atoms with van der Waals surface area (Å²) in [6.45, 7) is 7.57. The first-order chi connectivity index (χ1) is 5.63. The second kappa shape index (κ2) is 3.72. The summed E-state index contributed by atoms with van der Waals surface area (Å²) in [5, 5.41) is 8.49. The Morgan fingerprint density at radius 2 is 2.42 bits per heavy atom. The highest BCUT2D eigenvalue weighted by Gasteiger charge is 2.30. The van der Waals surface area contributed by atoms with Crippen LogP contribution in [0.2, 0.25) is 0 Å². The molecule has 1 aliphatic heterocycles. The van der Waals surface area contributed by atoms with E-state index in [1.54, 1.807) is 0 Å². The smallest absolute Gasteiger partial charge is 0.303 e. The topological polar surface area (TPSA) is 40.5 Å². The van der Waals surface area contributed by atoms with Crippen molar-refractivity contribution in [1.82, 2.24) is 4.90 Å². The molecule has 12 heavy (non-hydrogen) atoms. The van der Waals surface area contributed by atoms with Gasteiger partial charge in [-0.05, 0) is 12.8 Å². The molecule has 0 aromatic rings. The van der Waals surface area contributed by atoms with Gasteiger partial charge in [0.25, 0.3) is 0 Å². The molecule has 0 aromatic carbocycles. The van der Waals surface area contributed by atoms with E-state index in [4.69, 9.17) is 5.11 Å². The van der Waals surface area contributed by atoms with Crippen LogP contribution in [0.1, 0.15) is 13.3 Å². The molecule has 0 saturated carbocycles. The van der Waals surface area contributed by atoms with Crippen LogP contribution in [0.3, 0.4) is 0 Å². The largest absolute Gasteiger partial charge is 0.481 e. The van der Waals surface area contributed by atoms with Crippen molar-refractivity contribution in [3.63, 3.8) is 0 Å². The number of nitrogens with zero attached hydrogens (tertiary/aromatic N) is 1. The molecule has 1 fully saturated rings. The van der Waals surface area contributed by atoms with Crippen molar-refractivity contribution < 1.29 is 9.90 Å². The fraction of sp³-hybridized carbons (Fsp3) is 0.667. The van der Waals surface area contributed by atoms with Gasteiger partial charge in [0, 0.05) is 19.1 Å². The monoisotopic (exact) mass is 169 g/mol. The maximum absolute atomic E-state index is 10.3. The maximum atomic E-state index is 10.3. The van der Waals surface area contributed by atoms with Gasteiger partial charge in [-0.1, -0.05) is 6.08 Å². The van der Waals surface area contributed by atoms with E-state index >= 15 is 0 Å². The van der Waals surface area contributed by atoms with Gasteiger partial charge in [-0.2, -0.15) is 0 Å². The first-order valence-electron chi connectivity index (χ1n) is 4.22. The van der Waals surface area contributed by atoms with Crippen LogP contribution in [0.15, 0.2) is 12.7 Å². The van der Waals surface area contributed by atoms with Gasteiger partial charge in [0.15, 0.2) is 0 Å². The van der Waals surface area contributed by atoms with Gasteiger partial charge >= 0.3 is 5.97 Å². The van der Waals surface area contributed by atoms with Crippen LogP contribution in [0.4, 0.5) is 0 Å². The van der Waals surface area contributed by atoms with E-state index in [1.165, 1.54) is 0 Å². The predicted octanol–water partition coefficient (Wildman–Crippen LogP) is 0.967. The Bertz CT molecular complexity index is 185. The average Bonchev–Trinajstić information content (AvgIpc) is 1.94. The third kappa shape index (κ3) is 2.08. The zero-order valence-corrected chi connectivity index (χ0v) is 7.36. The molecule has 1 N–H and O–H groups in total. The summed E-state index contributed by atoms with van der Waals surface area (Å²) in [4.78, 5) is 12.5. The minimum atomic E-state index is -0.689. The Labute approximate surface area is 72.7 Å². The molecular weight excluding hydrogens is 154 g/mol. The molecule has 3 heteroatoms. The Hall–Kier alpha value is -0.830. The number of carboxylic acids is 1. The summed E-state index contributed by atoms with van der Waals surface area (Å²) in [6, 6.07) is 0.384. The van der Waals surface area contributed by atoms with Gasteiger partial charge in [-0.15, -0.1) is 6.58 Å². The Morgan fingerprint density at radius 1 is 1.83 bits per heavy atom. The number of likely N-dealkylation sites (tertiary alicyclic amines) is 1. The van der Waals surface area contributed by atoms with Crippen LogP contribution < -0.4 is 0 Å². The molecule has 0 aromatic heterocycles. The van der Waals surface area contributed by atoms with E-state index in [9.17, 15) is 4.79 Å². The van der Waals surface area contributed by atoms with E-state index in [0.29, 0.717) is 18.4 Å². The van der Waals surface area contributed by atoms with Gasteiger partial charge in [-0.3, -0.25) is 9.69 Å². The number of rotatable bonds is 4. The first kappa shape index (κ1) is 9.26. The lowest BCUT2D eigenvalue weighted by atomic mass is 9.95. The maximum Gasteiger partial charge on any atom is 0.303 e. The molecule has 1 aliphatic rings. The first-order valence-corrected chi connectivity index (χ1v) is 4.22. The summed E-state index contributed by atoms with van der Waals surface area (Å²) in [5.41, 5.74) is 0. The van der Waals surface area contributed by atoms with Crippen LogP contribution in [0, 0.1) is 5.92 Å². The lowest BCUT2D eigenvalue weighted by Crippen LogP contribution is -2.51. The molecule has 0 aliphatic carbocycles. The number of carboxylic acid groups (broad SMARTS) is 1. The van der Waals surface area contributed by atoms with Crippen LogP contribution in [-0.4, -0.2) is 35.1 Å². The van der Waals surface area contributed by atoms with Crippen LogP contribution in [0.25, 0.3) is 0 Å². The van der Waals surface area contributed by atoms with Gasteiger partial charge in [0.2, 0.25) is 0 Å². The second-order valence-corrected chi connectivity index (χ2v) is 3.39. The van der Waals surface area contributed by atoms with Crippen LogP contribution >= 0.6 is 0 Å². The molecule has 1 atom stereocenters. The average molecular weight is 169 g/mol. The molecule has 0 spiro atoms. The SMILES string of the molecule is C=CC(C)N1CC(CC(=O)O)C1. The number of aliphatic carboxylic acids is 1. The minimum Gasteiger partial charge on any atom is -0.481 e. The Morgan fingerprint density at radius 3 is 2.83 bits per heavy atom. The minimum absolute atomic E-state index is 0.306. The van der Waals surface area contributed by atoms with Gasteiger partial charge < -0.3 is 5.11 Å². The molecule has 1 heterocycles. The van der Waals surface area contributed by atoms with Crippen molar-refractivity contribution in [2.24, 2.45) is 5.92 Å². The predicted molar refractivity (Wildman–Crippen MR) is 47.0 cm³/mol. The van der Waals surface area contributed by atoms with Crippen molar-refractivity contribution in [3.05, 3.63) is 12.7 Å². The highest BCUT2D eigenvalue weighted by molar-refractivity contribution is 5.67. The molecule has 68 valence electrons.